The van der Waals surface area contributed by atoms with Crippen LogP contribution in [-0.2, 0) is 4.74 Å². The average molecular weight is 287 g/mol. The molecule has 0 radical (unpaired) electrons. The number of anilines is 1. The SMILES string of the molecule is CCOC(=O)c1ccccc1NCC1CCC(C)=CC1C. The minimum absolute atomic E-state index is 0.256. The van der Waals surface area contributed by atoms with Crippen LogP contribution in [0.15, 0.2) is 35.9 Å². The third kappa shape index (κ3) is 4.10. The second-order valence-corrected chi connectivity index (χ2v) is 5.82. The molecule has 0 aliphatic heterocycles. The number of nitrogens with one attached hydrogen (secondary N) is 1. The Kier molecular flexibility index (Phi) is 5.43. The molecule has 0 saturated carbocycles. The van der Waals surface area contributed by atoms with Gasteiger partial charge >= 0.3 is 5.97 Å². The molecule has 0 aromatic heterocycles. The second-order valence-electron chi connectivity index (χ2n) is 5.82. The van der Waals surface area contributed by atoms with E-state index >= 15 is 0 Å². The van der Waals surface area contributed by atoms with Gasteiger partial charge in [0.15, 0.2) is 0 Å². The molecule has 0 heterocycles. The fourth-order valence-corrected chi connectivity index (χ4v) is 2.90. The first-order chi connectivity index (χ1) is 10.1. The Morgan fingerprint density at radius 3 is 2.86 bits per heavy atom. The van der Waals surface area contributed by atoms with Crippen LogP contribution in [0, 0.1) is 11.8 Å². The number of esters is 1. The molecule has 21 heavy (non-hydrogen) atoms. The molecule has 3 heteroatoms. The molecule has 2 rings (SSSR count). The van der Waals surface area contributed by atoms with Crippen molar-refractivity contribution in [3.8, 4) is 0 Å². The first-order valence-corrected chi connectivity index (χ1v) is 7.79. The van der Waals surface area contributed by atoms with Crippen LogP contribution in [-0.4, -0.2) is 19.1 Å². The van der Waals surface area contributed by atoms with Crippen LogP contribution in [0.25, 0.3) is 0 Å². The smallest absolute Gasteiger partial charge is 0.340 e. The standard InChI is InChI=1S/C18H25NO2/c1-4-21-18(20)16-7-5-6-8-17(16)19-12-15-10-9-13(2)11-14(15)3/h5-8,11,14-15,19H,4,9-10,12H2,1-3H3. The molecule has 3 nitrogen and oxygen atoms in total. The number of ether oxygens (including phenoxy) is 1. The van der Waals surface area contributed by atoms with E-state index < -0.39 is 0 Å². The number of carbonyl (C=O) groups excluding carboxylic acids is 1. The summed E-state index contributed by atoms with van der Waals surface area (Å²) in [6.45, 7) is 7.59. The number of carbonyl (C=O) groups is 1. The van der Waals surface area contributed by atoms with Crippen molar-refractivity contribution >= 4 is 11.7 Å². The van der Waals surface area contributed by atoms with Gasteiger partial charge in [0.2, 0.25) is 0 Å². The van der Waals surface area contributed by atoms with Gasteiger partial charge in [-0.3, -0.25) is 0 Å². The Morgan fingerprint density at radius 2 is 2.14 bits per heavy atom. The van der Waals surface area contributed by atoms with E-state index in [0.717, 1.165) is 12.2 Å². The molecule has 2 unspecified atom stereocenters. The molecular weight excluding hydrogens is 262 g/mol. The molecule has 1 aliphatic rings. The van der Waals surface area contributed by atoms with Crippen molar-refractivity contribution in [2.45, 2.75) is 33.6 Å². The maximum absolute atomic E-state index is 12.0. The van der Waals surface area contributed by atoms with Gasteiger partial charge in [0, 0.05) is 12.2 Å². The van der Waals surface area contributed by atoms with E-state index in [1.165, 1.54) is 18.4 Å². The normalized spacial score (nSPS) is 21.6. The van der Waals surface area contributed by atoms with Crippen LogP contribution in [0.2, 0.25) is 0 Å². The summed E-state index contributed by atoms with van der Waals surface area (Å²) in [7, 11) is 0. The molecule has 0 bridgehead atoms. The zero-order chi connectivity index (χ0) is 15.2. The molecule has 0 fully saturated rings. The van der Waals surface area contributed by atoms with Gasteiger partial charge in [-0.25, -0.2) is 4.79 Å². The second kappa shape index (κ2) is 7.30. The number of rotatable bonds is 5. The van der Waals surface area contributed by atoms with Crippen molar-refractivity contribution in [2.75, 3.05) is 18.5 Å². The summed E-state index contributed by atoms with van der Waals surface area (Å²) in [4.78, 5) is 12.0. The lowest BCUT2D eigenvalue weighted by molar-refractivity contribution is 0.0527. The van der Waals surface area contributed by atoms with Gasteiger partial charge in [-0.1, -0.05) is 30.7 Å². The largest absolute Gasteiger partial charge is 0.462 e. The van der Waals surface area contributed by atoms with E-state index in [-0.39, 0.29) is 5.97 Å². The van der Waals surface area contributed by atoms with Gasteiger partial charge in [0.05, 0.1) is 12.2 Å². The molecule has 2 atom stereocenters. The van der Waals surface area contributed by atoms with Crippen LogP contribution in [0.5, 0.6) is 0 Å². The highest BCUT2D eigenvalue weighted by molar-refractivity contribution is 5.95. The minimum atomic E-state index is -0.256. The number of hydrogen-bond acceptors (Lipinski definition) is 3. The summed E-state index contributed by atoms with van der Waals surface area (Å²) in [6, 6.07) is 7.57. The summed E-state index contributed by atoms with van der Waals surface area (Å²) in [5, 5.41) is 3.44. The lowest BCUT2D eigenvalue weighted by atomic mass is 9.82. The van der Waals surface area contributed by atoms with Crippen molar-refractivity contribution in [2.24, 2.45) is 11.8 Å². The van der Waals surface area contributed by atoms with Gasteiger partial charge in [-0.05, 0) is 50.7 Å². The molecular formula is C18H25NO2. The number of benzene rings is 1. The summed E-state index contributed by atoms with van der Waals surface area (Å²) >= 11 is 0. The highest BCUT2D eigenvalue weighted by atomic mass is 16.5. The maximum Gasteiger partial charge on any atom is 0.340 e. The van der Waals surface area contributed by atoms with Crippen LogP contribution in [0.3, 0.4) is 0 Å². The molecule has 1 aromatic carbocycles. The Bertz CT molecular complexity index is 522. The predicted molar refractivity (Wildman–Crippen MR) is 86.5 cm³/mol. The van der Waals surface area contributed by atoms with Crippen LogP contribution in [0.4, 0.5) is 5.69 Å². The lowest BCUT2D eigenvalue weighted by Gasteiger charge is -2.27. The zero-order valence-corrected chi connectivity index (χ0v) is 13.2. The van der Waals surface area contributed by atoms with Crippen molar-refractivity contribution < 1.29 is 9.53 Å². The Hall–Kier alpha value is -1.77. The van der Waals surface area contributed by atoms with Gasteiger partial charge < -0.3 is 10.1 Å². The summed E-state index contributed by atoms with van der Waals surface area (Å²) < 4.78 is 5.11. The first-order valence-electron chi connectivity index (χ1n) is 7.79. The maximum atomic E-state index is 12.0. The van der Waals surface area contributed by atoms with Crippen molar-refractivity contribution in [3.05, 3.63) is 41.5 Å². The molecule has 1 aliphatic carbocycles. The molecule has 1 aromatic rings. The highest BCUT2D eigenvalue weighted by Gasteiger charge is 2.20. The molecule has 1 N–H and O–H groups in total. The summed E-state index contributed by atoms with van der Waals surface area (Å²) in [5.41, 5.74) is 2.98. The monoisotopic (exact) mass is 287 g/mol. The fraction of sp³-hybridized carbons (Fsp3) is 0.500. The van der Waals surface area contributed by atoms with E-state index in [1.807, 2.05) is 31.2 Å². The average Bonchev–Trinajstić information content (AvgIpc) is 2.47. The first kappa shape index (κ1) is 15.6. The Balaban J connectivity index is 2.02. The summed E-state index contributed by atoms with van der Waals surface area (Å²) in [5.74, 6) is 0.943. The van der Waals surface area contributed by atoms with Crippen LogP contribution >= 0.6 is 0 Å². The van der Waals surface area contributed by atoms with E-state index in [2.05, 4.69) is 25.2 Å². The molecule has 0 amide bonds. The van der Waals surface area contributed by atoms with Gasteiger partial charge in [0.25, 0.3) is 0 Å². The molecule has 114 valence electrons. The highest BCUT2D eigenvalue weighted by Crippen LogP contribution is 2.29. The van der Waals surface area contributed by atoms with Crippen LogP contribution in [0.1, 0.15) is 44.0 Å². The van der Waals surface area contributed by atoms with Crippen molar-refractivity contribution in [3.63, 3.8) is 0 Å². The number of hydrogen-bond donors (Lipinski definition) is 1. The number of para-hydroxylation sites is 1. The fourth-order valence-electron chi connectivity index (χ4n) is 2.90. The Labute approximate surface area is 127 Å². The van der Waals surface area contributed by atoms with E-state index in [0.29, 0.717) is 24.0 Å². The molecule has 0 spiro atoms. The third-order valence-electron chi connectivity index (χ3n) is 4.18. The minimum Gasteiger partial charge on any atom is -0.462 e. The van der Waals surface area contributed by atoms with Crippen LogP contribution < -0.4 is 5.32 Å². The Morgan fingerprint density at radius 1 is 1.38 bits per heavy atom. The van der Waals surface area contributed by atoms with Gasteiger partial charge in [-0.15, -0.1) is 0 Å². The summed E-state index contributed by atoms with van der Waals surface area (Å²) in [6.07, 6.45) is 4.75. The van der Waals surface area contributed by atoms with E-state index in [9.17, 15) is 4.79 Å². The van der Waals surface area contributed by atoms with E-state index in [4.69, 9.17) is 4.74 Å². The van der Waals surface area contributed by atoms with Gasteiger partial charge in [-0.2, -0.15) is 0 Å². The van der Waals surface area contributed by atoms with Crippen molar-refractivity contribution in [1.82, 2.24) is 0 Å². The predicted octanol–water partition coefficient (Wildman–Crippen LogP) is 4.27. The quantitative estimate of drug-likeness (QED) is 0.649. The number of allylic oxidation sites excluding steroid dienone is 2. The lowest BCUT2D eigenvalue weighted by Crippen LogP contribution is -2.24. The van der Waals surface area contributed by atoms with Crippen molar-refractivity contribution in [1.29, 1.82) is 0 Å². The topological polar surface area (TPSA) is 38.3 Å². The zero-order valence-electron chi connectivity index (χ0n) is 13.2. The third-order valence-corrected chi connectivity index (χ3v) is 4.18. The van der Waals surface area contributed by atoms with Gasteiger partial charge in [0.1, 0.15) is 0 Å². The molecule has 0 saturated heterocycles. The van der Waals surface area contributed by atoms with E-state index in [1.54, 1.807) is 0 Å².